The van der Waals surface area contributed by atoms with Crippen LogP contribution < -0.4 is 4.18 Å². The van der Waals surface area contributed by atoms with Gasteiger partial charge in [-0.05, 0) is 35.7 Å². The van der Waals surface area contributed by atoms with Crippen molar-refractivity contribution in [2.24, 2.45) is 0 Å². The highest BCUT2D eigenvalue weighted by molar-refractivity contribution is 7.87. The third-order valence-electron chi connectivity index (χ3n) is 3.32. The van der Waals surface area contributed by atoms with Gasteiger partial charge in [0.2, 0.25) is 0 Å². The molecule has 0 aliphatic rings. The van der Waals surface area contributed by atoms with Crippen LogP contribution in [0.5, 0.6) is 5.75 Å². The Kier molecular flexibility index (Phi) is 4.94. The standard InChI is InChI=1S/C16H9ClFNO5S2/c17-13-8-10(18)3-6-16(13)26(22,23)24-14-5-4-11(19(20)21)9-12(14)15-2-1-7-25-15/h1-9H. The molecule has 1 heterocycles. The zero-order valence-electron chi connectivity index (χ0n) is 12.8. The number of hydrogen-bond acceptors (Lipinski definition) is 6. The van der Waals surface area contributed by atoms with Gasteiger partial charge in [0.05, 0.1) is 9.95 Å². The third-order valence-corrected chi connectivity index (χ3v) is 5.94. The van der Waals surface area contributed by atoms with Crippen molar-refractivity contribution >= 4 is 38.7 Å². The Labute approximate surface area is 156 Å². The van der Waals surface area contributed by atoms with E-state index in [1.54, 1.807) is 17.5 Å². The van der Waals surface area contributed by atoms with Gasteiger partial charge in [-0.3, -0.25) is 10.1 Å². The number of non-ortho nitro benzene ring substituents is 1. The van der Waals surface area contributed by atoms with Gasteiger partial charge in [0.1, 0.15) is 10.7 Å². The minimum Gasteiger partial charge on any atom is -0.378 e. The molecule has 0 unspecified atom stereocenters. The predicted molar refractivity (Wildman–Crippen MR) is 95.6 cm³/mol. The third kappa shape index (κ3) is 3.69. The van der Waals surface area contributed by atoms with E-state index in [0.717, 1.165) is 24.3 Å². The summed E-state index contributed by atoms with van der Waals surface area (Å²) in [4.78, 5) is 10.6. The molecule has 0 amide bonds. The predicted octanol–water partition coefficient (Wildman–Crippen LogP) is 4.88. The summed E-state index contributed by atoms with van der Waals surface area (Å²) < 4.78 is 43.3. The minimum atomic E-state index is -4.37. The van der Waals surface area contributed by atoms with Gasteiger partial charge in [0, 0.05) is 22.6 Å². The summed E-state index contributed by atoms with van der Waals surface area (Å²) in [5.74, 6) is -0.790. The molecule has 3 rings (SSSR count). The van der Waals surface area contributed by atoms with Gasteiger partial charge >= 0.3 is 10.1 Å². The van der Waals surface area contributed by atoms with Crippen molar-refractivity contribution in [2.45, 2.75) is 4.90 Å². The zero-order chi connectivity index (χ0) is 18.9. The summed E-state index contributed by atoms with van der Waals surface area (Å²) >= 11 is 7.06. The van der Waals surface area contributed by atoms with E-state index < -0.39 is 25.8 Å². The van der Waals surface area contributed by atoms with Crippen molar-refractivity contribution in [3.05, 3.63) is 74.9 Å². The first-order valence-corrected chi connectivity index (χ1v) is 9.66. The molecule has 2 aromatic carbocycles. The van der Waals surface area contributed by atoms with E-state index in [0.29, 0.717) is 4.88 Å². The van der Waals surface area contributed by atoms with Gasteiger partial charge < -0.3 is 4.18 Å². The fourth-order valence-corrected chi connectivity index (χ4v) is 4.37. The van der Waals surface area contributed by atoms with Crippen LogP contribution in [0, 0.1) is 15.9 Å². The fourth-order valence-electron chi connectivity index (χ4n) is 2.17. The number of thiophene rings is 1. The van der Waals surface area contributed by atoms with E-state index in [9.17, 15) is 22.9 Å². The fraction of sp³-hybridized carbons (Fsp3) is 0. The molecule has 0 saturated heterocycles. The summed E-state index contributed by atoms with van der Waals surface area (Å²) in [6, 6.07) is 9.73. The first kappa shape index (κ1) is 18.3. The number of halogens is 2. The monoisotopic (exact) mass is 413 g/mol. The lowest BCUT2D eigenvalue weighted by Gasteiger charge is -2.11. The number of rotatable bonds is 5. The zero-order valence-corrected chi connectivity index (χ0v) is 15.1. The number of hydrogen-bond donors (Lipinski definition) is 0. The van der Waals surface area contributed by atoms with E-state index in [1.807, 2.05) is 0 Å². The van der Waals surface area contributed by atoms with Crippen LogP contribution in [0.1, 0.15) is 0 Å². The molecule has 0 spiro atoms. The van der Waals surface area contributed by atoms with Gasteiger partial charge in [0.25, 0.3) is 5.69 Å². The van der Waals surface area contributed by atoms with Crippen molar-refractivity contribution in [3.63, 3.8) is 0 Å². The van der Waals surface area contributed by atoms with Crippen LogP contribution in [0.2, 0.25) is 5.02 Å². The molecular weight excluding hydrogens is 405 g/mol. The van der Waals surface area contributed by atoms with E-state index in [1.165, 1.54) is 23.5 Å². The maximum absolute atomic E-state index is 13.2. The van der Waals surface area contributed by atoms with Gasteiger partial charge in [-0.2, -0.15) is 8.42 Å². The van der Waals surface area contributed by atoms with Crippen molar-refractivity contribution in [3.8, 4) is 16.2 Å². The van der Waals surface area contributed by atoms with Crippen molar-refractivity contribution in [2.75, 3.05) is 0 Å². The summed E-state index contributed by atoms with van der Waals surface area (Å²) in [7, 11) is -4.37. The molecule has 6 nitrogen and oxygen atoms in total. The summed E-state index contributed by atoms with van der Waals surface area (Å²) in [6.45, 7) is 0. The Morgan fingerprint density at radius 2 is 1.92 bits per heavy atom. The number of benzene rings is 2. The largest absolute Gasteiger partial charge is 0.378 e. The van der Waals surface area contributed by atoms with Crippen molar-refractivity contribution in [1.82, 2.24) is 0 Å². The molecule has 0 radical (unpaired) electrons. The van der Waals surface area contributed by atoms with E-state index in [4.69, 9.17) is 15.8 Å². The maximum Gasteiger partial charge on any atom is 0.340 e. The first-order valence-electron chi connectivity index (χ1n) is 7.00. The SMILES string of the molecule is O=[N+]([O-])c1ccc(OS(=O)(=O)c2ccc(F)cc2Cl)c(-c2cccs2)c1. The molecule has 0 bridgehead atoms. The molecule has 0 saturated carbocycles. The molecular formula is C16H9ClFNO5S2. The van der Waals surface area contributed by atoms with Crippen LogP contribution in [0.3, 0.4) is 0 Å². The highest BCUT2D eigenvalue weighted by Crippen LogP contribution is 2.38. The van der Waals surface area contributed by atoms with E-state index >= 15 is 0 Å². The molecule has 0 fully saturated rings. The van der Waals surface area contributed by atoms with Crippen LogP contribution in [0.25, 0.3) is 10.4 Å². The Hall–Kier alpha value is -2.49. The highest BCUT2D eigenvalue weighted by atomic mass is 35.5. The van der Waals surface area contributed by atoms with Crippen LogP contribution in [0.4, 0.5) is 10.1 Å². The molecule has 1 aromatic heterocycles. The van der Waals surface area contributed by atoms with Crippen LogP contribution in [-0.2, 0) is 10.1 Å². The molecule has 0 aliphatic carbocycles. The highest BCUT2D eigenvalue weighted by Gasteiger charge is 2.24. The normalized spacial score (nSPS) is 11.3. The molecule has 0 aliphatic heterocycles. The van der Waals surface area contributed by atoms with Crippen molar-refractivity contribution < 1.29 is 21.9 Å². The second-order valence-corrected chi connectivity index (χ2v) is 7.90. The first-order chi connectivity index (χ1) is 12.3. The number of nitro groups is 1. The molecule has 10 heteroatoms. The Bertz CT molecular complexity index is 1080. The Morgan fingerprint density at radius 1 is 1.15 bits per heavy atom. The molecule has 3 aromatic rings. The summed E-state index contributed by atoms with van der Waals surface area (Å²) in [5, 5.41) is 12.4. The average Bonchev–Trinajstić information content (AvgIpc) is 3.08. The van der Waals surface area contributed by atoms with Crippen molar-refractivity contribution in [1.29, 1.82) is 0 Å². The van der Waals surface area contributed by atoms with Crippen LogP contribution in [-0.4, -0.2) is 13.3 Å². The van der Waals surface area contributed by atoms with Gasteiger partial charge in [-0.15, -0.1) is 11.3 Å². The minimum absolute atomic E-state index is 0.0987. The lowest BCUT2D eigenvalue weighted by molar-refractivity contribution is -0.384. The number of nitro benzene ring substituents is 1. The second-order valence-electron chi connectivity index (χ2n) is 5.03. The van der Waals surface area contributed by atoms with Crippen LogP contribution in [0.15, 0.2) is 58.8 Å². The molecule has 0 N–H and O–H groups in total. The topological polar surface area (TPSA) is 86.5 Å². The second kappa shape index (κ2) is 7.02. The molecule has 134 valence electrons. The summed E-state index contributed by atoms with van der Waals surface area (Å²) in [5.41, 5.74) is 0.0361. The smallest absolute Gasteiger partial charge is 0.340 e. The van der Waals surface area contributed by atoms with Gasteiger partial charge in [0.15, 0.2) is 5.75 Å². The quantitative estimate of drug-likeness (QED) is 0.338. The lowest BCUT2D eigenvalue weighted by Crippen LogP contribution is -2.11. The number of nitrogens with zero attached hydrogens (tertiary/aromatic N) is 1. The van der Waals surface area contributed by atoms with E-state index in [-0.39, 0.29) is 22.0 Å². The maximum atomic E-state index is 13.2. The Morgan fingerprint density at radius 3 is 2.54 bits per heavy atom. The molecule has 0 atom stereocenters. The van der Waals surface area contributed by atoms with E-state index in [2.05, 4.69) is 0 Å². The summed E-state index contributed by atoms with van der Waals surface area (Å²) in [6.07, 6.45) is 0. The van der Waals surface area contributed by atoms with Gasteiger partial charge in [-0.1, -0.05) is 17.7 Å². The molecule has 26 heavy (non-hydrogen) atoms. The van der Waals surface area contributed by atoms with Crippen LogP contribution >= 0.6 is 22.9 Å². The average molecular weight is 414 g/mol. The van der Waals surface area contributed by atoms with Gasteiger partial charge in [-0.25, -0.2) is 4.39 Å². The Balaban J connectivity index is 2.08. The lowest BCUT2D eigenvalue weighted by atomic mass is 10.1.